The van der Waals surface area contributed by atoms with Gasteiger partial charge in [-0.1, -0.05) is 12.8 Å². The first kappa shape index (κ1) is 13.1. The molecule has 0 aromatic heterocycles. The van der Waals surface area contributed by atoms with Gasteiger partial charge in [0, 0.05) is 25.7 Å². The number of nitrogens with zero attached hydrogens (tertiary/aromatic N) is 2. The van der Waals surface area contributed by atoms with E-state index in [4.69, 9.17) is 12.2 Å². The summed E-state index contributed by atoms with van der Waals surface area (Å²) in [6.45, 7) is 2.37. The highest BCUT2D eigenvalue weighted by Gasteiger charge is 2.24. The Labute approximate surface area is 111 Å². The highest BCUT2D eigenvalue weighted by molar-refractivity contribution is 7.80. The zero-order chi connectivity index (χ0) is 12.3. The molecule has 0 aromatic rings. The minimum Gasteiger partial charge on any atom is -0.360 e. The van der Waals surface area contributed by atoms with Crippen molar-refractivity contribution in [2.24, 2.45) is 0 Å². The monoisotopic (exact) mass is 255 g/mol. The Hall–Kier alpha value is -0.350. The van der Waals surface area contributed by atoms with E-state index in [0.29, 0.717) is 12.1 Å². The van der Waals surface area contributed by atoms with Crippen LogP contribution in [0.5, 0.6) is 0 Å². The number of likely N-dealkylation sites (tertiary alicyclic amines) is 1. The maximum absolute atomic E-state index is 5.53. The van der Waals surface area contributed by atoms with Crippen molar-refractivity contribution in [2.75, 3.05) is 27.2 Å². The lowest BCUT2D eigenvalue weighted by Crippen LogP contribution is -2.51. The van der Waals surface area contributed by atoms with E-state index in [1.54, 1.807) is 0 Å². The normalized spacial score (nSPS) is 27.1. The maximum atomic E-state index is 5.53. The second kappa shape index (κ2) is 6.01. The molecule has 1 saturated heterocycles. The van der Waals surface area contributed by atoms with E-state index in [9.17, 15) is 0 Å². The smallest absolute Gasteiger partial charge is 0.169 e. The van der Waals surface area contributed by atoms with E-state index in [2.05, 4.69) is 29.2 Å². The summed E-state index contributed by atoms with van der Waals surface area (Å²) in [4.78, 5) is 4.69. The van der Waals surface area contributed by atoms with Gasteiger partial charge in [0.1, 0.15) is 0 Å². The van der Waals surface area contributed by atoms with Crippen LogP contribution in [0, 0.1) is 0 Å². The van der Waals surface area contributed by atoms with Crippen LogP contribution in [0.15, 0.2) is 0 Å². The lowest BCUT2D eigenvalue weighted by molar-refractivity contribution is 0.180. The van der Waals surface area contributed by atoms with Crippen LogP contribution in [0.25, 0.3) is 0 Å². The third kappa shape index (κ3) is 3.55. The van der Waals surface area contributed by atoms with Crippen molar-refractivity contribution in [3.63, 3.8) is 0 Å². The summed E-state index contributed by atoms with van der Waals surface area (Å²) in [5.74, 6) is 0. The molecule has 2 fully saturated rings. The van der Waals surface area contributed by atoms with Crippen LogP contribution in [0.3, 0.4) is 0 Å². The predicted molar refractivity (Wildman–Crippen MR) is 76.3 cm³/mol. The minimum atomic E-state index is 0.593. The molecule has 1 heterocycles. The molecule has 2 rings (SSSR count). The lowest BCUT2D eigenvalue weighted by atomic mass is 10.1. The molecule has 1 saturated carbocycles. The van der Waals surface area contributed by atoms with Gasteiger partial charge < -0.3 is 15.1 Å². The summed E-state index contributed by atoms with van der Waals surface area (Å²) in [7, 11) is 4.35. The summed E-state index contributed by atoms with van der Waals surface area (Å²) < 4.78 is 0. The quantitative estimate of drug-likeness (QED) is 0.759. The molecule has 0 spiro atoms. The van der Waals surface area contributed by atoms with Gasteiger partial charge in [-0.3, -0.25) is 0 Å². The van der Waals surface area contributed by atoms with Crippen LogP contribution in [-0.4, -0.2) is 54.2 Å². The standard InChI is InChI=1S/C13H25N3S/c1-15-9-5-8-12(10-15)16(2)13(17)14-11-6-3-4-7-11/h11-12H,3-10H2,1-2H3,(H,14,17). The van der Waals surface area contributed by atoms with Gasteiger partial charge in [0.05, 0.1) is 0 Å². The van der Waals surface area contributed by atoms with E-state index in [0.717, 1.165) is 11.7 Å². The second-order valence-electron chi connectivity index (χ2n) is 5.60. The summed E-state index contributed by atoms with van der Waals surface area (Å²) in [5.41, 5.74) is 0. The van der Waals surface area contributed by atoms with Crippen LogP contribution >= 0.6 is 12.2 Å². The fraction of sp³-hybridized carbons (Fsp3) is 0.923. The topological polar surface area (TPSA) is 18.5 Å². The maximum Gasteiger partial charge on any atom is 0.169 e. The molecule has 2 aliphatic rings. The third-order valence-electron chi connectivity index (χ3n) is 4.15. The number of rotatable bonds is 2. The average Bonchev–Trinajstić information content (AvgIpc) is 2.80. The molecule has 0 bridgehead atoms. The Kier molecular flexibility index (Phi) is 4.62. The minimum absolute atomic E-state index is 0.593. The Morgan fingerprint density at radius 3 is 2.59 bits per heavy atom. The zero-order valence-corrected chi connectivity index (χ0v) is 11.9. The Morgan fingerprint density at radius 1 is 1.24 bits per heavy atom. The number of likely N-dealkylation sites (N-methyl/N-ethyl adjacent to an activating group) is 2. The van der Waals surface area contributed by atoms with E-state index in [-0.39, 0.29) is 0 Å². The van der Waals surface area contributed by atoms with Crippen LogP contribution in [-0.2, 0) is 0 Å². The van der Waals surface area contributed by atoms with E-state index >= 15 is 0 Å². The summed E-state index contributed by atoms with van der Waals surface area (Å²) >= 11 is 5.53. The van der Waals surface area contributed by atoms with Crippen molar-refractivity contribution >= 4 is 17.3 Å². The number of hydrogen-bond donors (Lipinski definition) is 1. The molecule has 1 N–H and O–H groups in total. The molecular weight excluding hydrogens is 230 g/mol. The first-order valence-electron chi connectivity index (χ1n) is 6.88. The first-order chi connectivity index (χ1) is 8.16. The molecule has 4 heteroatoms. The van der Waals surface area contributed by atoms with E-state index < -0.39 is 0 Å². The fourth-order valence-corrected chi connectivity index (χ4v) is 3.28. The van der Waals surface area contributed by atoms with Crippen molar-refractivity contribution in [1.82, 2.24) is 15.1 Å². The third-order valence-corrected chi connectivity index (χ3v) is 4.56. The number of piperidine rings is 1. The predicted octanol–water partition coefficient (Wildman–Crippen LogP) is 1.83. The van der Waals surface area contributed by atoms with Crippen molar-refractivity contribution in [3.05, 3.63) is 0 Å². The molecule has 0 amide bonds. The number of thiocarbonyl (C=S) groups is 1. The van der Waals surface area contributed by atoms with Gasteiger partial charge in [0.25, 0.3) is 0 Å². The van der Waals surface area contributed by atoms with Crippen LogP contribution in [0.2, 0.25) is 0 Å². The first-order valence-corrected chi connectivity index (χ1v) is 7.29. The molecule has 0 radical (unpaired) electrons. The molecule has 17 heavy (non-hydrogen) atoms. The van der Waals surface area contributed by atoms with Crippen molar-refractivity contribution in [2.45, 2.75) is 50.6 Å². The van der Waals surface area contributed by atoms with Gasteiger partial charge in [0.15, 0.2) is 5.11 Å². The number of hydrogen-bond acceptors (Lipinski definition) is 2. The van der Waals surface area contributed by atoms with Crippen molar-refractivity contribution < 1.29 is 0 Å². The zero-order valence-electron chi connectivity index (χ0n) is 11.1. The average molecular weight is 255 g/mol. The molecule has 1 unspecified atom stereocenters. The summed E-state index contributed by atoms with van der Waals surface area (Å²) in [6, 6.07) is 1.22. The number of nitrogens with one attached hydrogen (secondary N) is 1. The van der Waals surface area contributed by atoms with Crippen LogP contribution in [0.4, 0.5) is 0 Å². The van der Waals surface area contributed by atoms with Crippen LogP contribution < -0.4 is 5.32 Å². The van der Waals surface area contributed by atoms with Gasteiger partial charge >= 0.3 is 0 Å². The van der Waals surface area contributed by atoms with Crippen LogP contribution in [0.1, 0.15) is 38.5 Å². The molecule has 1 atom stereocenters. The van der Waals surface area contributed by atoms with E-state index in [1.165, 1.54) is 45.1 Å². The molecule has 98 valence electrons. The molecule has 0 aromatic carbocycles. The largest absolute Gasteiger partial charge is 0.360 e. The Bertz CT molecular complexity index is 263. The van der Waals surface area contributed by atoms with Gasteiger partial charge in [0.2, 0.25) is 0 Å². The Morgan fingerprint density at radius 2 is 1.94 bits per heavy atom. The lowest BCUT2D eigenvalue weighted by Gasteiger charge is -2.37. The molecular formula is C13H25N3S. The Balaban J connectivity index is 1.80. The fourth-order valence-electron chi connectivity index (χ4n) is 2.97. The molecule has 1 aliphatic heterocycles. The van der Waals surface area contributed by atoms with Gasteiger partial charge in [-0.2, -0.15) is 0 Å². The summed E-state index contributed by atoms with van der Waals surface area (Å²) in [6.07, 6.45) is 7.86. The molecule has 3 nitrogen and oxygen atoms in total. The van der Waals surface area contributed by atoms with Gasteiger partial charge in [-0.25, -0.2) is 0 Å². The highest BCUT2D eigenvalue weighted by atomic mass is 32.1. The molecule has 1 aliphatic carbocycles. The van der Waals surface area contributed by atoms with E-state index in [1.807, 2.05) is 0 Å². The second-order valence-corrected chi connectivity index (χ2v) is 5.99. The summed E-state index contributed by atoms with van der Waals surface area (Å²) in [5, 5.41) is 4.49. The highest BCUT2D eigenvalue weighted by Crippen LogP contribution is 2.19. The van der Waals surface area contributed by atoms with Crippen molar-refractivity contribution in [3.8, 4) is 0 Å². The van der Waals surface area contributed by atoms with Crippen molar-refractivity contribution in [1.29, 1.82) is 0 Å². The van der Waals surface area contributed by atoms with Gasteiger partial charge in [-0.05, 0) is 51.5 Å². The van der Waals surface area contributed by atoms with Gasteiger partial charge in [-0.15, -0.1) is 0 Å². The SMILES string of the molecule is CN1CCCC(N(C)C(=S)NC2CCCC2)C1.